The SMILES string of the molecule is CC/C=C\C/C=C\C/C=C\C/C=C\C/C=C\C/C=C\CCC(=O)NCCCC[C@H](N)C(=O)N[C@@H]1[C@@H](O)[C@H](O)[C@@H](CO)O[C@H]1O. The van der Waals surface area contributed by atoms with Crippen LogP contribution in [0.5, 0.6) is 0 Å². The maximum Gasteiger partial charge on any atom is 0.237 e. The fourth-order valence-corrected chi connectivity index (χ4v) is 4.31. The second-order valence-corrected chi connectivity index (χ2v) is 10.7. The van der Waals surface area contributed by atoms with E-state index in [4.69, 9.17) is 15.6 Å². The van der Waals surface area contributed by atoms with Crippen molar-refractivity contribution in [3.8, 4) is 0 Å². The van der Waals surface area contributed by atoms with E-state index in [9.17, 15) is 24.9 Å². The fraction of sp³-hybridized carbons (Fsp3) is 0.588. The molecule has 1 rings (SSSR count). The van der Waals surface area contributed by atoms with E-state index in [0.717, 1.165) is 38.5 Å². The molecule has 10 nitrogen and oxygen atoms in total. The van der Waals surface area contributed by atoms with Crippen LogP contribution in [0.3, 0.4) is 0 Å². The van der Waals surface area contributed by atoms with Gasteiger partial charge in [-0.05, 0) is 64.2 Å². The molecule has 8 N–H and O–H groups in total. The lowest BCUT2D eigenvalue weighted by Gasteiger charge is -2.40. The van der Waals surface area contributed by atoms with Crippen molar-refractivity contribution in [2.45, 2.75) is 114 Å². The largest absolute Gasteiger partial charge is 0.394 e. The Balaban J connectivity index is 2.05. The van der Waals surface area contributed by atoms with Gasteiger partial charge < -0.3 is 41.5 Å². The first kappa shape index (κ1) is 39.2. The molecular formula is C34H55N3O7. The predicted molar refractivity (Wildman–Crippen MR) is 174 cm³/mol. The number of unbranched alkanes of at least 4 members (excludes halogenated alkanes) is 1. The summed E-state index contributed by atoms with van der Waals surface area (Å²) in [5.41, 5.74) is 5.91. The average Bonchev–Trinajstić information content (AvgIpc) is 3.01. The van der Waals surface area contributed by atoms with Gasteiger partial charge in [0.05, 0.1) is 12.6 Å². The van der Waals surface area contributed by atoms with Crippen molar-refractivity contribution in [3.63, 3.8) is 0 Å². The van der Waals surface area contributed by atoms with Gasteiger partial charge in [-0.3, -0.25) is 9.59 Å². The molecule has 0 aromatic rings. The Morgan fingerprint density at radius 3 is 1.84 bits per heavy atom. The number of hydrogen-bond donors (Lipinski definition) is 7. The Labute approximate surface area is 263 Å². The second-order valence-electron chi connectivity index (χ2n) is 10.7. The lowest BCUT2D eigenvalue weighted by atomic mass is 9.96. The van der Waals surface area contributed by atoms with Gasteiger partial charge in [-0.15, -0.1) is 0 Å². The highest BCUT2D eigenvalue weighted by molar-refractivity contribution is 5.81. The molecule has 1 saturated heterocycles. The first-order chi connectivity index (χ1) is 21.3. The van der Waals surface area contributed by atoms with Crippen molar-refractivity contribution in [2.24, 2.45) is 5.73 Å². The standard InChI is InChI=1S/C34H55N3O7/c1-2-3-4-5-6-7-8-9-10-11-12-13-14-15-16-17-18-19-20-24-29(39)36-25-22-21-23-27(35)33(42)37-30-32(41)31(40)28(26-38)44-34(30)43/h3-4,6-7,9-10,12-13,15-16,18-19,27-28,30-32,34,38,40-41,43H,2,5,8,11,14,17,20-26,35H2,1H3,(H,36,39)(H,37,42)/b4-3-,7-6-,10-9-,13-12-,16-15-,19-18-/t27-,28+,30+,31+,32+,34+/m0/s1. The van der Waals surface area contributed by atoms with Crippen LogP contribution in [0, 0.1) is 0 Å². The molecular weight excluding hydrogens is 562 g/mol. The average molecular weight is 618 g/mol. The van der Waals surface area contributed by atoms with Crippen LogP contribution in [0.1, 0.15) is 77.6 Å². The Kier molecular flexibility index (Phi) is 22.7. The summed E-state index contributed by atoms with van der Waals surface area (Å²) < 4.78 is 5.02. The van der Waals surface area contributed by atoms with Gasteiger partial charge in [0.2, 0.25) is 11.8 Å². The smallest absolute Gasteiger partial charge is 0.237 e. The van der Waals surface area contributed by atoms with E-state index >= 15 is 0 Å². The van der Waals surface area contributed by atoms with Crippen molar-refractivity contribution in [2.75, 3.05) is 13.2 Å². The highest BCUT2D eigenvalue weighted by Gasteiger charge is 2.44. The summed E-state index contributed by atoms with van der Waals surface area (Å²) >= 11 is 0. The van der Waals surface area contributed by atoms with Crippen molar-refractivity contribution in [3.05, 3.63) is 72.9 Å². The highest BCUT2D eigenvalue weighted by Crippen LogP contribution is 2.20. The number of aliphatic hydroxyl groups excluding tert-OH is 4. The van der Waals surface area contributed by atoms with Crippen LogP contribution in [-0.4, -0.2) is 82.1 Å². The normalized spacial score (nSPS) is 23.6. The van der Waals surface area contributed by atoms with E-state index in [1.54, 1.807) is 0 Å². The topological polar surface area (TPSA) is 174 Å². The van der Waals surface area contributed by atoms with Crippen LogP contribution < -0.4 is 16.4 Å². The van der Waals surface area contributed by atoms with Gasteiger partial charge in [0.15, 0.2) is 6.29 Å². The summed E-state index contributed by atoms with van der Waals surface area (Å²) in [6, 6.07) is -2.17. The third-order valence-corrected chi connectivity index (χ3v) is 6.94. The first-order valence-electron chi connectivity index (χ1n) is 15.8. The lowest BCUT2D eigenvalue weighted by molar-refractivity contribution is -0.253. The molecule has 1 heterocycles. The number of carbonyl (C=O) groups is 2. The maximum absolute atomic E-state index is 12.3. The van der Waals surface area contributed by atoms with E-state index in [-0.39, 0.29) is 5.91 Å². The van der Waals surface area contributed by atoms with Gasteiger partial charge in [0.1, 0.15) is 24.4 Å². The number of amides is 2. The third kappa shape index (κ3) is 18.1. The molecule has 248 valence electrons. The van der Waals surface area contributed by atoms with Gasteiger partial charge in [0, 0.05) is 13.0 Å². The number of nitrogens with two attached hydrogens (primary N) is 1. The number of allylic oxidation sites excluding steroid dienone is 12. The number of ether oxygens (including phenoxy) is 1. The van der Waals surface area contributed by atoms with Crippen molar-refractivity contribution in [1.29, 1.82) is 0 Å². The van der Waals surface area contributed by atoms with Crippen molar-refractivity contribution in [1.82, 2.24) is 10.6 Å². The van der Waals surface area contributed by atoms with Crippen LogP contribution in [0.2, 0.25) is 0 Å². The molecule has 0 saturated carbocycles. The van der Waals surface area contributed by atoms with E-state index in [0.29, 0.717) is 38.6 Å². The summed E-state index contributed by atoms with van der Waals surface area (Å²) in [5, 5.41) is 44.4. The summed E-state index contributed by atoms with van der Waals surface area (Å²) in [7, 11) is 0. The van der Waals surface area contributed by atoms with Gasteiger partial charge in [-0.25, -0.2) is 0 Å². The van der Waals surface area contributed by atoms with Gasteiger partial charge in [0.25, 0.3) is 0 Å². The third-order valence-electron chi connectivity index (χ3n) is 6.94. The van der Waals surface area contributed by atoms with Crippen molar-refractivity contribution < 1.29 is 34.8 Å². The Morgan fingerprint density at radius 2 is 1.32 bits per heavy atom. The molecule has 1 aliphatic rings. The quantitative estimate of drug-likeness (QED) is 0.0717. The summed E-state index contributed by atoms with van der Waals surface area (Å²) in [6.45, 7) is 2.02. The number of nitrogens with one attached hydrogen (secondary N) is 2. The van der Waals surface area contributed by atoms with E-state index in [2.05, 4.69) is 84.4 Å². The zero-order chi connectivity index (χ0) is 32.4. The predicted octanol–water partition coefficient (Wildman–Crippen LogP) is 2.99. The molecule has 0 unspecified atom stereocenters. The van der Waals surface area contributed by atoms with Crippen LogP contribution in [0.25, 0.3) is 0 Å². The van der Waals surface area contributed by atoms with Gasteiger partial charge >= 0.3 is 0 Å². The summed E-state index contributed by atoms with van der Waals surface area (Å²) in [4.78, 5) is 24.4. The van der Waals surface area contributed by atoms with Crippen LogP contribution in [0.15, 0.2) is 72.9 Å². The zero-order valence-corrected chi connectivity index (χ0v) is 26.2. The molecule has 10 heteroatoms. The number of carbonyl (C=O) groups excluding carboxylic acids is 2. The first-order valence-corrected chi connectivity index (χ1v) is 15.8. The molecule has 6 atom stereocenters. The van der Waals surface area contributed by atoms with Crippen molar-refractivity contribution >= 4 is 11.8 Å². The fourth-order valence-electron chi connectivity index (χ4n) is 4.31. The van der Waals surface area contributed by atoms with E-state index in [1.165, 1.54) is 0 Å². The molecule has 0 aromatic heterocycles. The number of rotatable bonds is 22. The summed E-state index contributed by atoms with van der Waals surface area (Å²) in [5.74, 6) is -0.640. The van der Waals surface area contributed by atoms with Crippen LogP contribution >= 0.6 is 0 Å². The molecule has 0 aliphatic carbocycles. The molecule has 1 fully saturated rings. The highest BCUT2D eigenvalue weighted by atomic mass is 16.6. The molecule has 44 heavy (non-hydrogen) atoms. The van der Waals surface area contributed by atoms with Crippen LogP contribution in [-0.2, 0) is 14.3 Å². The second kappa shape index (κ2) is 25.5. The monoisotopic (exact) mass is 617 g/mol. The Hall–Kier alpha value is -2.86. The minimum Gasteiger partial charge on any atom is -0.394 e. The Bertz CT molecular complexity index is 961. The summed E-state index contributed by atoms with van der Waals surface area (Å²) in [6.07, 6.45) is 28.4. The molecule has 0 radical (unpaired) electrons. The van der Waals surface area contributed by atoms with Gasteiger partial charge in [-0.2, -0.15) is 0 Å². The Morgan fingerprint density at radius 1 is 0.795 bits per heavy atom. The van der Waals surface area contributed by atoms with Crippen LogP contribution in [0.4, 0.5) is 0 Å². The molecule has 0 aromatic carbocycles. The minimum absolute atomic E-state index is 0.0356. The van der Waals surface area contributed by atoms with E-state index < -0.39 is 49.2 Å². The molecule has 2 amide bonds. The van der Waals surface area contributed by atoms with Gasteiger partial charge in [-0.1, -0.05) is 79.8 Å². The molecule has 0 spiro atoms. The molecule has 0 bridgehead atoms. The molecule has 1 aliphatic heterocycles. The van der Waals surface area contributed by atoms with E-state index in [1.807, 2.05) is 6.08 Å². The number of aliphatic hydroxyl groups is 4. The minimum atomic E-state index is -1.59. The maximum atomic E-state index is 12.3. The number of hydrogen-bond acceptors (Lipinski definition) is 8. The lowest BCUT2D eigenvalue weighted by Crippen LogP contribution is -2.65. The zero-order valence-electron chi connectivity index (χ0n) is 26.2.